The van der Waals surface area contributed by atoms with Gasteiger partial charge in [0.15, 0.2) is 0 Å². The number of anilines is 1. The Kier molecular flexibility index (Phi) is 3.42. The summed E-state index contributed by atoms with van der Waals surface area (Å²) in [6.07, 6.45) is 1.94. The van der Waals surface area contributed by atoms with Crippen LogP contribution in [0.15, 0.2) is 28.8 Å². The van der Waals surface area contributed by atoms with Gasteiger partial charge in [-0.15, -0.1) is 0 Å². The van der Waals surface area contributed by atoms with E-state index in [2.05, 4.69) is 24.0 Å². The Balaban J connectivity index is 2.15. The molecule has 0 saturated heterocycles. The number of hydrogen-bond acceptors (Lipinski definition) is 4. The van der Waals surface area contributed by atoms with Gasteiger partial charge in [-0.2, -0.15) is 4.98 Å². The van der Waals surface area contributed by atoms with Gasteiger partial charge in [-0.3, -0.25) is 0 Å². The molecule has 0 fully saturated rings. The molecule has 0 aliphatic rings. The van der Waals surface area contributed by atoms with Crippen molar-refractivity contribution in [3.8, 4) is 11.4 Å². The second-order valence-corrected chi connectivity index (χ2v) is 4.35. The summed E-state index contributed by atoms with van der Waals surface area (Å²) in [6.45, 7) is 4.33. The van der Waals surface area contributed by atoms with Crippen LogP contribution in [0.4, 0.5) is 5.69 Å². The summed E-state index contributed by atoms with van der Waals surface area (Å²) in [5.41, 5.74) is 7.29. The van der Waals surface area contributed by atoms with Crippen molar-refractivity contribution < 1.29 is 4.52 Å². The zero-order chi connectivity index (χ0) is 12.3. The third kappa shape index (κ3) is 2.84. The van der Waals surface area contributed by atoms with Crippen LogP contribution >= 0.6 is 0 Å². The highest BCUT2D eigenvalue weighted by molar-refractivity contribution is 5.57. The summed E-state index contributed by atoms with van der Waals surface area (Å²) in [7, 11) is 0. The van der Waals surface area contributed by atoms with E-state index in [1.165, 1.54) is 0 Å². The molecule has 4 heteroatoms. The quantitative estimate of drug-likeness (QED) is 0.822. The first-order chi connectivity index (χ1) is 8.19. The number of rotatable bonds is 4. The van der Waals surface area contributed by atoms with Crippen LogP contribution in [0.3, 0.4) is 0 Å². The molecule has 0 aliphatic carbocycles. The lowest BCUT2D eigenvalue weighted by Gasteiger charge is -2.01. The maximum atomic E-state index is 5.63. The molecule has 0 aliphatic heterocycles. The first-order valence-corrected chi connectivity index (χ1v) is 5.87. The minimum atomic E-state index is 0.565. The molecule has 90 valence electrons. The van der Waals surface area contributed by atoms with Gasteiger partial charge in [0, 0.05) is 17.7 Å². The molecule has 1 unspecified atom stereocenters. The minimum Gasteiger partial charge on any atom is -0.399 e. The van der Waals surface area contributed by atoms with Crippen molar-refractivity contribution in [2.45, 2.75) is 26.7 Å². The fraction of sp³-hybridized carbons (Fsp3) is 0.385. The first-order valence-electron chi connectivity index (χ1n) is 5.87. The van der Waals surface area contributed by atoms with Crippen molar-refractivity contribution in [1.82, 2.24) is 10.1 Å². The lowest BCUT2D eigenvalue weighted by Crippen LogP contribution is -1.97. The molecule has 1 heterocycles. The molecular formula is C13H17N3O. The molecule has 17 heavy (non-hydrogen) atoms. The van der Waals surface area contributed by atoms with Gasteiger partial charge in [0.25, 0.3) is 0 Å². The zero-order valence-electron chi connectivity index (χ0n) is 10.2. The zero-order valence-corrected chi connectivity index (χ0v) is 10.2. The van der Waals surface area contributed by atoms with E-state index in [0.29, 0.717) is 17.6 Å². The smallest absolute Gasteiger partial charge is 0.227 e. The van der Waals surface area contributed by atoms with Crippen LogP contribution in [0.5, 0.6) is 0 Å². The number of benzene rings is 1. The van der Waals surface area contributed by atoms with Crippen molar-refractivity contribution in [2.75, 3.05) is 5.73 Å². The molecular weight excluding hydrogens is 214 g/mol. The van der Waals surface area contributed by atoms with Gasteiger partial charge in [-0.25, -0.2) is 0 Å². The Bertz CT molecular complexity index is 476. The lowest BCUT2D eigenvalue weighted by atomic mass is 10.1. The van der Waals surface area contributed by atoms with Crippen molar-refractivity contribution in [3.05, 3.63) is 30.2 Å². The lowest BCUT2D eigenvalue weighted by molar-refractivity contribution is 0.356. The van der Waals surface area contributed by atoms with Gasteiger partial charge in [0.1, 0.15) is 0 Å². The maximum absolute atomic E-state index is 5.63. The molecule has 2 N–H and O–H groups in total. The highest BCUT2D eigenvalue weighted by Gasteiger charge is 2.10. The molecule has 4 nitrogen and oxygen atoms in total. The van der Waals surface area contributed by atoms with E-state index in [0.717, 1.165) is 24.1 Å². The molecule has 1 aromatic heterocycles. The standard InChI is InChI=1S/C13H17N3O/c1-3-9(2)8-12-15-13(16-17-12)10-4-6-11(14)7-5-10/h4-7,9H,3,8,14H2,1-2H3. The van der Waals surface area contributed by atoms with E-state index >= 15 is 0 Å². The van der Waals surface area contributed by atoms with Gasteiger partial charge < -0.3 is 10.3 Å². The number of nitrogens with zero attached hydrogens (tertiary/aromatic N) is 2. The van der Waals surface area contributed by atoms with E-state index in [9.17, 15) is 0 Å². The summed E-state index contributed by atoms with van der Waals surface area (Å²) < 4.78 is 5.23. The predicted molar refractivity (Wildman–Crippen MR) is 67.3 cm³/mol. The van der Waals surface area contributed by atoms with Gasteiger partial charge in [0.2, 0.25) is 11.7 Å². The highest BCUT2D eigenvalue weighted by atomic mass is 16.5. The topological polar surface area (TPSA) is 64.9 Å². The number of aromatic nitrogens is 2. The van der Waals surface area contributed by atoms with E-state index < -0.39 is 0 Å². The fourth-order valence-electron chi connectivity index (χ4n) is 1.53. The first kappa shape index (κ1) is 11.6. The van der Waals surface area contributed by atoms with Crippen molar-refractivity contribution in [1.29, 1.82) is 0 Å². The van der Waals surface area contributed by atoms with Gasteiger partial charge >= 0.3 is 0 Å². The van der Waals surface area contributed by atoms with Gasteiger partial charge in [-0.1, -0.05) is 25.4 Å². The third-order valence-corrected chi connectivity index (χ3v) is 2.86. The SMILES string of the molecule is CCC(C)Cc1nc(-c2ccc(N)cc2)no1. The number of hydrogen-bond donors (Lipinski definition) is 1. The molecule has 0 amide bonds. The summed E-state index contributed by atoms with van der Waals surface area (Å²) in [5.74, 6) is 1.89. The maximum Gasteiger partial charge on any atom is 0.227 e. The predicted octanol–water partition coefficient (Wildman–Crippen LogP) is 2.91. The largest absolute Gasteiger partial charge is 0.399 e. The summed E-state index contributed by atoms with van der Waals surface area (Å²) >= 11 is 0. The number of nitrogens with two attached hydrogens (primary N) is 1. The third-order valence-electron chi connectivity index (χ3n) is 2.86. The molecule has 2 aromatic rings. The van der Waals surface area contributed by atoms with Crippen LogP contribution in [-0.2, 0) is 6.42 Å². The summed E-state index contributed by atoms with van der Waals surface area (Å²) in [4.78, 5) is 4.38. The van der Waals surface area contributed by atoms with E-state index in [-0.39, 0.29) is 0 Å². The minimum absolute atomic E-state index is 0.565. The fourth-order valence-corrected chi connectivity index (χ4v) is 1.53. The van der Waals surface area contributed by atoms with E-state index in [4.69, 9.17) is 10.3 Å². The molecule has 2 rings (SSSR count). The number of nitrogen functional groups attached to an aromatic ring is 1. The molecule has 1 aromatic carbocycles. The van der Waals surface area contributed by atoms with Crippen LogP contribution in [0.2, 0.25) is 0 Å². The van der Waals surface area contributed by atoms with Gasteiger partial charge in [0.05, 0.1) is 0 Å². The average Bonchev–Trinajstić information content (AvgIpc) is 2.78. The average molecular weight is 231 g/mol. The Hall–Kier alpha value is -1.84. The summed E-state index contributed by atoms with van der Waals surface area (Å²) in [6, 6.07) is 7.46. The van der Waals surface area contributed by atoms with Crippen molar-refractivity contribution >= 4 is 5.69 Å². The Morgan fingerprint density at radius 3 is 2.65 bits per heavy atom. The van der Waals surface area contributed by atoms with Crippen molar-refractivity contribution in [2.24, 2.45) is 5.92 Å². The second-order valence-electron chi connectivity index (χ2n) is 4.35. The molecule has 1 atom stereocenters. The van der Waals surface area contributed by atoms with Gasteiger partial charge in [-0.05, 0) is 30.2 Å². The van der Waals surface area contributed by atoms with Crippen LogP contribution in [0, 0.1) is 5.92 Å². The van der Waals surface area contributed by atoms with Crippen LogP contribution in [0.1, 0.15) is 26.2 Å². The highest BCUT2D eigenvalue weighted by Crippen LogP contribution is 2.18. The molecule has 0 bridgehead atoms. The van der Waals surface area contributed by atoms with Crippen LogP contribution in [-0.4, -0.2) is 10.1 Å². The Morgan fingerprint density at radius 2 is 2.00 bits per heavy atom. The second kappa shape index (κ2) is 4.99. The van der Waals surface area contributed by atoms with Crippen LogP contribution < -0.4 is 5.73 Å². The summed E-state index contributed by atoms with van der Waals surface area (Å²) in [5, 5.41) is 3.98. The Labute approximate surface area is 101 Å². The van der Waals surface area contributed by atoms with E-state index in [1.54, 1.807) is 0 Å². The van der Waals surface area contributed by atoms with E-state index in [1.807, 2.05) is 24.3 Å². The van der Waals surface area contributed by atoms with Crippen molar-refractivity contribution in [3.63, 3.8) is 0 Å². The molecule has 0 spiro atoms. The Morgan fingerprint density at radius 1 is 1.29 bits per heavy atom. The monoisotopic (exact) mass is 231 g/mol. The molecule has 0 saturated carbocycles. The van der Waals surface area contributed by atoms with Crippen LogP contribution in [0.25, 0.3) is 11.4 Å². The molecule has 0 radical (unpaired) electrons. The normalized spacial score (nSPS) is 12.6.